The number of aryl methyl sites for hydroxylation is 1. The van der Waals surface area contributed by atoms with Crippen molar-refractivity contribution in [1.29, 1.82) is 5.41 Å². The van der Waals surface area contributed by atoms with Crippen LogP contribution in [0.3, 0.4) is 0 Å². The second kappa shape index (κ2) is 3.49. The zero-order chi connectivity index (χ0) is 9.14. The van der Waals surface area contributed by atoms with Gasteiger partial charge in [-0.05, 0) is 18.5 Å². The minimum Gasteiger partial charge on any atom is -0.372 e. The molecular formula is C7H9ClN4. The molecule has 0 aliphatic heterocycles. The number of hydrogen-bond acceptors (Lipinski definition) is 4. The van der Waals surface area contributed by atoms with Crippen molar-refractivity contribution in [2.24, 2.45) is 0 Å². The molecule has 0 radical (unpaired) electrons. The Morgan fingerprint density at radius 3 is 2.67 bits per heavy atom. The van der Waals surface area contributed by atoms with Gasteiger partial charge < -0.3 is 10.7 Å². The predicted octanol–water partition coefficient (Wildman–Crippen LogP) is 1.48. The van der Waals surface area contributed by atoms with E-state index in [-0.39, 0.29) is 5.28 Å². The van der Waals surface area contributed by atoms with Crippen molar-refractivity contribution in [2.45, 2.75) is 6.92 Å². The molecule has 0 fully saturated rings. The summed E-state index contributed by atoms with van der Waals surface area (Å²) in [6, 6.07) is 0. The van der Waals surface area contributed by atoms with E-state index in [4.69, 9.17) is 17.0 Å². The predicted molar refractivity (Wildman–Crippen MR) is 49.2 cm³/mol. The van der Waals surface area contributed by atoms with E-state index >= 15 is 0 Å². The van der Waals surface area contributed by atoms with E-state index in [1.807, 2.05) is 0 Å². The van der Waals surface area contributed by atoms with Crippen LogP contribution in [0.5, 0.6) is 0 Å². The quantitative estimate of drug-likeness (QED) is 0.541. The van der Waals surface area contributed by atoms with Crippen LogP contribution < -0.4 is 5.32 Å². The van der Waals surface area contributed by atoms with Crippen molar-refractivity contribution in [2.75, 3.05) is 12.4 Å². The van der Waals surface area contributed by atoms with Gasteiger partial charge in [-0.2, -0.15) is 0 Å². The summed E-state index contributed by atoms with van der Waals surface area (Å²) >= 11 is 5.62. The summed E-state index contributed by atoms with van der Waals surface area (Å²) in [4.78, 5) is 7.83. The van der Waals surface area contributed by atoms with Crippen LogP contribution in [-0.2, 0) is 0 Å². The highest BCUT2D eigenvalue weighted by Gasteiger charge is 2.06. The Morgan fingerprint density at radius 1 is 1.50 bits per heavy atom. The fourth-order valence-corrected chi connectivity index (χ4v) is 1.12. The first-order valence-corrected chi connectivity index (χ1v) is 3.79. The molecule has 1 aromatic rings. The lowest BCUT2D eigenvalue weighted by atomic mass is 10.2. The lowest BCUT2D eigenvalue weighted by Crippen LogP contribution is -2.02. The van der Waals surface area contributed by atoms with Gasteiger partial charge in [-0.1, -0.05) is 0 Å². The first-order valence-electron chi connectivity index (χ1n) is 3.41. The fraction of sp³-hybridized carbons (Fsp3) is 0.286. The first-order chi connectivity index (χ1) is 5.69. The molecule has 2 N–H and O–H groups in total. The zero-order valence-electron chi connectivity index (χ0n) is 6.85. The summed E-state index contributed by atoms with van der Waals surface area (Å²) in [6.45, 7) is 1.79. The van der Waals surface area contributed by atoms with Crippen LogP contribution in [0.25, 0.3) is 0 Å². The van der Waals surface area contributed by atoms with Gasteiger partial charge >= 0.3 is 0 Å². The molecule has 4 nitrogen and oxygen atoms in total. The van der Waals surface area contributed by atoms with Crippen LogP contribution >= 0.6 is 11.6 Å². The molecule has 0 amide bonds. The summed E-state index contributed by atoms with van der Waals surface area (Å²) in [6.07, 6.45) is 1.21. The van der Waals surface area contributed by atoms with E-state index in [2.05, 4.69) is 15.3 Å². The van der Waals surface area contributed by atoms with Crippen molar-refractivity contribution >= 4 is 23.6 Å². The summed E-state index contributed by atoms with van der Waals surface area (Å²) in [5.41, 5.74) is 1.37. The Kier molecular flexibility index (Phi) is 2.60. The van der Waals surface area contributed by atoms with Gasteiger partial charge in [-0.3, -0.25) is 0 Å². The van der Waals surface area contributed by atoms with Crippen molar-refractivity contribution in [1.82, 2.24) is 9.97 Å². The van der Waals surface area contributed by atoms with Crippen LogP contribution in [-0.4, -0.2) is 23.2 Å². The second-order valence-corrected chi connectivity index (χ2v) is 2.57. The maximum atomic E-state index is 7.11. The minimum absolute atomic E-state index is 0.197. The van der Waals surface area contributed by atoms with Gasteiger partial charge in [0.2, 0.25) is 5.28 Å². The molecule has 64 valence electrons. The van der Waals surface area contributed by atoms with Crippen LogP contribution in [0.2, 0.25) is 5.28 Å². The normalized spacial score (nSPS) is 9.58. The molecule has 12 heavy (non-hydrogen) atoms. The fourth-order valence-electron chi connectivity index (χ4n) is 0.911. The number of halogens is 1. The molecule has 1 heterocycles. The number of hydrogen-bond donors (Lipinski definition) is 2. The van der Waals surface area contributed by atoms with Crippen LogP contribution in [0.4, 0.5) is 5.82 Å². The molecule has 1 rings (SSSR count). The van der Waals surface area contributed by atoms with E-state index in [1.54, 1.807) is 14.0 Å². The SMILES string of the molecule is CNc1nc(Cl)nc(C)c1C=N. The van der Waals surface area contributed by atoms with Gasteiger partial charge in [-0.15, -0.1) is 0 Å². The molecular weight excluding hydrogens is 176 g/mol. The molecule has 0 saturated carbocycles. The average Bonchev–Trinajstić information content (AvgIpc) is 2.03. The third-order valence-electron chi connectivity index (χ3n) is 1.49. The zero-order valence-corrected chi connectivity index (χ0v) is 7.61. The van der Waals surface area contributed by atoms with Crippen LogP contribution in [0.1, 0.15) is 11.3 Å². The monoisotopic (exact) mass is 184 g/mol. The minimum atomic E-state index is 0.197. The number of anilines is 1. The van der Waals surface area contributed by atoms with E-state index in [0.717, 1.165) is 0 Å². The topological polar surface area (TPSA) is 61.7 Å². The Hall–Kier alpha value is -1.16. The highest BCUT2D eigenvalue weighted by molar-refractivity contribution is 6.28. The highest BCUT2D eigenvalue weighted by atomic mass is 35.5. The van der Waals surface area contributed by atoms with Crippen molar-refractivity contribution < 1.29 is 0 Å². The maximum Gasteiger partial charge on any atom is 0.224 e. The van der Waals surface area contributed by atoms with E-state index in [9.17, 15) is 0 Å². The molecule has 0 bridgehead atoms. The molecule has 0 atom stereocenters. The van der Waals surface area contributed by atoms with E-state index in [0.29, 0.717) is 17.1 Å². The third kappa shape index (κ3) is 1.53. The Morgan fingerprint density at radius 2 is 2.17 bits per heavy atom. The van der Waals surface area contributed by atoms with Crippen LogP contribution in [0.15, 0.2) is 0 Å². The standard InChI is InChI=1S/C7H9ClN4/c1-4-5(3-9)6(10-2)12-7(8)11-4/h3,9H,1-2H3,(H,10,11,12). The lowest BCUT2D eigenvalue weighted by molar-refractivity contribution is 1.09. The third-order valence-corrected chi connectivity index (χ3v) is 1.66. The van der Waals surface area contributed by atoms with Crippen LogP contribution in [0, 0.1) is 12.3 Å². The number of rotatable bonds is 2. The highest BCUT2D eigenvalue weighted by Crippen LogP contribution is 2.15. The van der Waals surface area contributed by atoms with Crippen molar-refractivity contribution in [3.63, 3.8) is 0 Å². The molecule has 0 aliphatic rings. The van der Waals surface area contributed by atoms with Gasteiger partial charge in [0, 0.05) is 13.3 Å². The Balaban J connectivity index is 3.33. The van der Waals surface area contributed by atoms with E-state index < -0.39 is 0 Å². The number of nitrogens with zero attached hydrogens (tertiary/aromatic N) is 2. The molecule has 0 aromatic carbocycles. The molecule has 0 spiro atoms. The van der Waals surface area contributed by atoms with Crippen molar-refractivity contribution in [3.05, 3.63) is 16.5 Å². The van der Waals surface area contributed by atoms with Gasteiger partial charge in [0.25, 0.3) is 0 Å². The molecule has 0 aliphatic carbocycles. The van der Waals surface area contributed by atoms with Gasteiger partial charge in [0.15, 0.2) is 0 Å². The average molecular weight is 185 g/mol. The largest absolute Gasteiger partial charge is 0.372 e. The molecule has 5 heteroatoms. The Bertz CT molecular complexity index is 311. The maximum absolute atomic E-state index is 7.11. The van der Waals surface area contributed by atoms with Gasteiger partial charge in [0.05, 0.1) is 11.3 Å². The van der Waals surface area contributed by atoms with Crippen molar-refractivity contribution in [3.8, 4) is 0 Å². The summed E-state index contributed by atoms with van der Waals surface area (Å²) < 4.78 is 0. The van der Waals surface area contributed by atoms with E-state index in [1.165, 1.54) is 6.21 Å². The smallest absolute Gasteiger partial charge is 0.224 e. The number of nitrogens with one attached hydrogen (secondary N) is 2. The Labute approximate surface area is 75.5 Å². The summed E-state index contributed by atoms with van der Waals surface area (Å²) in [5.74, 6) is 0.586. The molecule has 1 aromatic heterocycles. The van der Waals surface area contributed by atoms with Gasteiger partial charge in [-0.25, -0.2) is 9.97 Å². The summed E-state index contributed by atoms with van der Waals surface area (Å²) in [5, 5.41) is 10.1. The summed E-state index contributed by atoms with van der Waals surface area (Å²) in [7, 11) is 1.73. The lowest BCUT2D eigenvalue weighted by Gasteiger charge is -2.05. The molecule has 0 saturated heterocycles. The molecule has 0 unspecified atom stereocenters. The van der Waals surface area contributed by atoms with Gasteiger partial charge in [0.1, 0.15) is 5.82 Å². The number of aromatic nitrogens is 2. The first kappa shape index (κ1) is 8.93. The second-order valence-electron chi connectivity index (χ2n) is 2.23.